The Labute approximate surface area is 425 Å². The van der Waals surface area contributed by atoms with Crippen LogP contribution in [0.2, 0.25) is 0 Å². The maximum absolute atomic E-state index is 13.0. The first-order valence-corrected chi connectivity index (χ1v) is 25.8. The average Bonchev–Trinajstić information content (AvgIpc) is 3.35. The lowest BCUT2D eigenvalue weighted by molar-refractivity contribution is -0.301. The minimum atomic E-state index is -1.95. The number of aliphatic carboxylic acids is 1. The molecule has 0 aliphatic carbocycles. The van der Waals surface area contributed by atoms with Crippen molar-refractivity contribution in [3.63, 3.8) is 0 Å². The van der Waals surface area contributed by atoms with E-state index in [4.69, 9.17) is 23.7 Å². The van der Waals surface area contributed by atoms with Gasteiger partial charge in [-0.25, -0.2) is 4.79 Å². The first kappa shape index (κ1) is 63.6. The van der Waals surface area contributed by atoms with Gasteiger partial charge in [0.15, 0.2) is 24.6 Å². The molecule has 0 aromatic rings. The molecule has 1 aliphatic heterocycles. The topological polar surface area (TPSA) is 175 Å². The molecule has 1 fully saturated rings. The SMILES string of the molecule is CC/C=C\C/C=C\C/C=C\C/C=C\CCCCC(=O)OCC(COC1OC(C(=O)O)C(O)C(O)C1OC(=O)CC/C=C\C/C=C\C/C=C\C/C=C\CC)OC(=O)CC/C=C\C/C=C\C/C=C\C/C=C\CC. The molecule has 1 saturated heterocycles. The van der Waals surface area contributed by atoms with Gasteiger partial charge < -0.3 is 39.0 Å². The minimum Gasteiger partial charge on any atom is -0.479 e. The lowest BCUT2D eigenvalue weighted by Crippen LogP contribution is -2.61. The summed E-state index contributed by atoms with van der Waals surface area (Å²) in [6, 6.07) is 0. The third-order valence-corrected chi connectivity index (χ3v) is 10.4. The van der Waals surface area contributed by atoms with Crippen LogP contribution in [-0.4, -0.2) is 89.2 Å². The Morgan fingerprint density at radius 2 is 0.859 bits per heavy atom. The van der Waals surface area contributed by atoms with Crippen molar-refractivity contribution in [2.24, 2.45) is 0 Å². The molecule has 12 nitrogen and oxygen atoms in total. The highest BCUT2D eigenvalue weighted by Gasteiger charge is 2.50. The number of aliphatic hydroxyl groups is 2. The zero-order valence-corrected chi connectivity index (χ0v) is 42.9. The Hall–Kier alpha value is -5.40. The van der Waals surface area contributed by atoms with Gasteiger partial charge in [0, 0.05) is 19.3 Å². The fraction of sp³-hybridized carbons (Fsp3) is 0.525. The summed E-state index contributed by atoms with van der Waals surface area (Å²) < 4.78 is 28.0. The van der Waals surface area contributed by atoms with Crippen LogP contribution in [0, 0.1) is 0 Å². The van der Waals surface area contributed by atoms with E-state index in [0.29, 0.717) is 32.1 Å². The summed E-state index contributed by atoms with van der Waals surface area (Å²) in [6.07, 6.45) is 53.0. The number of ether oxygens (including phenoxy) is 5. The number of allylic oxidation sites excluding steroid dienone is 24. The van der Waals surface area contributed by atoms with E-state index >= 15 is 0 Å². The van der Waals surface area contributed by atoms with E-state index in [1.54, 1.807) is 0 Å². The van der Waals surface area contributed by atoms with Gasteiger partial charge in [0.2, 0.25) is 0 Å². The van der Waals surface area contributed by atoms with Crippen LogP contribution in [0.5, 0.6) is 0 Å². The smallest absolute Gasteiger partial charge is 0.335 e. The monoisotopic (exact) mass is 987 g/mol. The maximum Gasteiger partial charge on any atom is 0.335 e. The highest BCUT2D eigenvalue weighted by molar-refractivity contribution is 5.74. The highest BCUT2D eigenvalue weighted by Crippen LogP contribution is 2.26. The van der Waals surface area contributed by atoms with Crippen molar-refractivity contribution < 1.29 is 58.2 Å². The number of esters is 3. The summed E-state index contributed by atoms with van der Waals surface area (Å²) in [4.78, 5) is 50.8. The van der Waals surface area contributed by atoms with Gasteiger partial charge in [0.25, 0.3) is 0 Å². The first-order valence-electron chi connectivity index (χ1n) is 25.8. The molecule has 0 aromatic heterocycles. The second-order valence-electron chi connectivity index (χ2n) is 16.7. The van der Waals surface area contributed by atoms with Gasteiger partial charge in [-0.3, -0.25) is 14.4 Å². The summed E-state index contributed by atoms with van der Waals surface area (Å²) in [5, 5.41) is 31.3. The number of unbranched alkanes of at least 4 members (excludes halogenated alkanes) is 2. The summed E-state index contributed by atoms with van der Waals surface area (Å²) in [5.74, 6) is -3.43. The van der Waals surface area contributed by atoms with Crippen molar-refractivity contribution in [2.45, 2.75) is 186 Å². The molecule has 0 amide bonds. The molecule has 1 rings (SSSR count). The van der Waals surface area contributed by atoms with E-state index in [2.05, 4.69) is 130 Å². The predicted molar refractivity (Wildman–Crippen MR) is 284 cm³/mol. The van der Waals surface area contributed by atoms with Crippen LogP contribution < -0.4 is 0 Å². The number of hydrogen-bond acceptors (Lipinski definition) is 11. The van der Waals surface area contributed by atoms with E-state index in [1.165, 1.54) is 0 Å². The van der Waals surface area contributed by atoms with E-state index in [-0.39, 0.29) is 25.9 Å². The van der Waals surface area contributed by atoms with Crippen LogP contribution in [0.3, 0.4) is 0 Å². The van der Waals surface area contributed by atoms with Gasteiger partial charge in [-0.2, -0.15) is 0 Å². The number of carbonyl (C=O) groups is 4. The number of hydrogen-bond donors (Lipinski definition) is 3. The number of carboxylic acid groups (broad SMARTS) is 1. The zero-order valence-electron chi connectivity index (χ0n) is 42.9. The Balaban J connectivity index is 2.86. The molecule has 0 aromatic carbocycles. The van der Waals surface area contributed by atoms with Crippen molar-refractivity contribution in [3.8, 4) is 0 Å². The molecular weight excluding hydrogens is 901 g/mol. The summed E-state index contributed by atoms with van der Waals surface area (Å²) in [6.45, 7) is 5.45. The molecule has 12 heteroatoms. The van der Waals surface area contributed by atoms with Crippen molar-refractivity contribution >= 4 is 23.9 Å². The van der Waals surface area contributed by atoms with Crippen LogP contribution in [-0.2, 0) is 42.9 Å². The molecule has 6 unspecified atom stereocenters. The second kappa shape index (κ2) is 45.7. The van der Waals surface area contributed by atoms with Crippen LogP contribution >= 0.6 is 0 Å². The van der Waals surface area contributed by atoms with E-state index < -0.39 is 67.3 Å². The van der Waals surface area contributed by atoms with Crippen molar-refractivity contribution in [1.82, 2.24) is 0 Å². The third-order valence-electron chi connectivity index (χ3n) is 10.4. The first-order chi connectivity index (χ1) is 34.6. The summed E-state index contributed by atoms with van der Waals surface area (Å²) >= 11 is 0. The quantitative estimate of drug-likeness (QED) is 0.0230. The fourth-order valence-corrected chi connectivity index (χ4v) is 6.56. The van der Waals surface area contributed by atoms with Crippen molar-refractivity contribution in [1.29, 1.82) is 0 Å². The van der Waals surface area contributed by atoms with Gasteiger partial charge in [-0.15, -0.1) is 0 Å². The summed E-state index contributed by atoms with van der Waals surface area (Å²) in [5.41, 5.74) is 0. The summed E-state index contributed by atoms with van der Waals surface area (Å²) in [7, 11) is 0. The zero-order chi connectivity index (χ0) is 51.8. The van der Waals surface area contributed by atoms with Gasteiger partial charge >= 0.3 is 23.9 Å². The fourth-order valence-electron chi connectivity index (χ4n) is 6.56. The van der Waals surface area contributed by atoms with Crippen molar-refractivity contribution in [2.75, 3.05) is 13.2 Å². The van der Waals surface area contributed by atoms with E-state index in [0.717, 1.165) is 77.0 Å². The normalized spacial score (nSPS) is 19.7. The lowest BCUT2D eigenvalue weighted by Gasteiger charge is -2.40. The van der Waals surface area contributed by atoms with Crippen molar-refractivity contribution in [3.05, 3.63) is 146 Å². The standard InChI is InChI=1S/C59H86O12/c1-4-7-10-13-16-19-22-25-26-29-30-33-36-39-42-45-51(60)67-48-50(69-52(61)46-43-40-37-34-31-27-23-20-17-14-11-8-5-2)49-68-59-57(55(64)54(63)56(71-59)58(65)66)70-53(62)47-44-41-38-35-32-28-24-21-18-15-12-9-6-3/h7-12,16-21,25-28,30-33,37-38,40-41,50,54-57,59,63-64H,4-6,13-15,22-24,29,34-36,39,42-49H2,1-3H3,(H,65,66)/b10-7-,11-8-,12-9-,19-16-,20-17-,21-18-,26-25-,31-27-,32-28-,33-30-,40-37-,41-38-. The molecule has 0 radical (unpaired) electrons. The van der Waals surface area contributed by atoms with Gasteiger partial charge in [-0.05, 0) is 109 Å². The second-order valence-corrected chi connectivity index (χ2v) is 16.7. The maximum atomic E-state index is 13.0. The largest absolute Gasteiger partial charge is 0.479 e. The Bertz CT molecular complexity index is 1790. The Morgan fingerprint density at radius 1 is 0.465 bits per heavy atom. The molecule has 3 N–H and O–H groups in total. The van der Waals surface area contributed by atoms with E-state index in [1.807, 2.05) is 36.5 Å². The van der Waals surface area contributed by atoms with Gasteiger partial charge in [-0.1, -0.05) is 167 Å². The number of carboxylic acids is 1. The number of aliphatic hydroxyl groups excluding tert-OH is 2. The average molecular weight is 987 g/mol. The van der Waals surface area contributed by atoms with Crippen LogP contribution in [0.15, 0.2) is 146 Å². The van der Waals surface area contributed by atoms with Gasteiger partial charge in [0.05, 0.1) is 6.61 Å². The molecule has 71 heavy (non-hydrogen) atoms. The van der Waals surface area contributed by atoms with Gasteiger partial charge in [0.1, 0.15) is 18.8 Å². The Kier molecular flexibility index (Phi) is 41.0. The minimum absolute atomic E-state index is 0.0153. The molecular formula is C59H86O12. The molecule has 394 valence electrons. The van der Waals surface area contributed by atoms with E-state index in [9.17, 15) is 34.5 Å². The van der Waals surface area contributed by atoms with Crippen LogP contribution in [0.4, 0.5) is 0 Å². The van der Waals surface area contributed by atoms with Crippen LogP contribution in [0.25, 0.3) is 0 Å². The predicted octanol–water partition coefficient (Wildman–Crippen LogP) is 12.4. The molecule has 6 atom stereocenters. The highest BCUT2D eigenvalue weighted by atomic mass is 16.7. The number of rotatable bonds is 40. The number of carbonyl (C=O) groups excluding carboxylic acids is 3. The molecule has 1 aliphatic rings. The third kappa shape index (κ3) is 36.2. The molecule has 1 heterocycles. The molecule has 0 spiro atoms. The molecule has 0 bridgehead atoms. The Morgan fingerprint density at radius 3 is 1.28 bits per heavy atom. The van der Waals surface area contributed by atoms with Crippen LogP contribution in [0.1, 0.15) is 149 Å². The molecule has 0 saturated carbocycles. The lowest BCUT2D eigenvalue weighted by atomic mass is 9.98.